The average Bonchev–Trinajstić information content (AvgIpc) is 2.82. The number of aromatic nitrogens is 2. The van der Waals surface area contributed by atoms with E-state index in [-0.39, 0.29) is 10.0 Å². The number of rotatable bonds is 6. The van der Waals surface area contributed by atoms with Gasteiger partial charge in [0.05, 0.1) is 4.90 Å². The Morgan fingerprint density at radius 2 is 2.00 bits per heavy atom. The van der Waals surface area contributed by atoms with Crippen LogP contribution in [0, 0.1) is 13.8 Å². The molecule has 0 saturated heterocycles. The first-order chi connectivity index (χ1) is 9.92. The van der Waals surface area contributed by atoms with Gasteiger partial charge < -0.3 is 5.32 Å². The van der Waals surface area contributed by atoms with Crippen LogP contribution in [-0.4, -0.2) is 25.2 Å². The molecule has 8 heteroatoms. The fourth-order valence-corrected chi connectivity index (χ4v) is 3.65. The molecule has 0 aliphatic heterocycles. The molecule has 0 fully saturated rings. The van der Waals surface area contributed by atoms with Gasteiger partial charge in [-0.3, -0.25) is 4.72 Å². The highest BCUT2D eigenvalue weighted by Gasteiger charge is 2.17. The molecule has 1 heterocycles. The zero-order valence-electron chi connectivity index (χ0n) is 12.2. The van der Waals surface area contributed by atoms with Gasteiger partial charge in [-0.05, 0) is 43.7 Å². The Balaban J connectivity index is 2.27. The lowest BCUT2D eigenvalue weighted by Gasteiger charge is -2.10. The van der Waals surface area contributed by atoms with Crippen LogP contribution in [0.2, 0.25) is 0 Å². The highest BCUT2D eigenvalue weighted by molar-refractivity contribution is 7.93. The fraction of sp³-hybridized carbons (Fsp3) is 0.385. The maximum atomic E-state index is 12.4. The molecule has 6 nitrogen and oxygen atoms in total. The Kier molecular flexibility index (Phi) is 4.92. The van der Waals surface area contributed by atoms with Gasteiger partial charge in [-0.1, -0.05) is 24.3 Å². The second kappa shape index (κ2) is 6.50. The molecular formula is C13H18N4O2S2. The van der Waals surface area contributed by atoms with Crippen molar-refractivity contribution in [1.82, 2.24) is 15.5 Å². The summed E-state index contributed by atoms with van der Waals surface area (Å²) in [6.07, 6.45) is 0. The lowest BCUT2D eigenvalue weighted by atomic mass is 10.1. The maximum absolute atomic E-state index is 12.4. The highest BCUT2D eigenvalue weighted by Crippen LogP contribution is 2.21. The number of anilines is 1. The predicted molar refractivity (Wildman–Crippen MR) is 84.0 cm³/mol. The first-order valence-corrected chi connectivity index (χ1v) is 8.85. The third kappa shape index (κ3) is 3.99. The minimum atomic E-state index is -3.63. The van der Waals surface area contributed by atoms with E-state index in [1.807, 2.05) is 19.9 Å². The molecule has 1 aromatic carbocycles. The summed E-state index contributed by atoms with van der Waals surface area (Å²) in [6, 6.07) is 5.10. The second-order valence-electron chi connectivity index (χ2n) is 4.60. The van der Waals surface area contributed by atoms with Gasteiger partial charge in [0.1, 0.15) is 5.01 Å². The van der Waals surface area contributed by atoms with Crippen LogP contribution in [0.15, 0.2) is 23.1 Å². The largest absolute Gasteiger partial charge is 0.313 e. The number of hydrogen-bond acceptors (Lipinski definition) is 6. The molecule has 0 bridgehead atoms. The van der Waals surface area contributed by atoms with E-state index in [9.17, 15) is 8.42 Å². The third-order valence-corrected chi connectivity index (χ3v) is 5.16. The Labute approximate surface area is 128 Å². The minimum Gasteiger partial charge on any atom is -0.313 e. The molecule has 2 rings (SSSR count). The molecule has 0 aliphatic carbocycles. The van der Waals surface area contributed by atoms with Crippen molar-refractivity contribution in [3.05, 3.63) is 34.3 Å². The van der Waals surface area contributed by atoms with Gasteiger partial charge in [-0.2, -0.15) is 0 Å². The summed E-state index contributed by atoms with van der Waals surface area (Å²) >= 11 is 1.21. The van der Waals surface area contributed by atoms with Crippen LogP contribution in [0.25, 0.3) is 0 Å². The number of sulfonamides is 1. The summed E-state index contributed by atoms with van der Waals surface area (Å²) in [6.45, 7) is 7.22. The summed E-state index contributed by atoms with van der Waals surface area (Å²) in [7, 11) is -3.63. The summed E-state index contributed by atoms with van der Waals surface area (Å²) in [5.74, 6) is 0. The molecule has 2 N–H and O–H groups in total. The molecule has 0 radical (unpaired) electrons. The number of hydrogen-bond donors (Lipinski definition) is 2. The number of nitrogens with one attached hydrogen (secondary N) is 2. The van der Waals surface area contributed by atoms with E-state index in [1.54, 1.807) is 19.1 Å². The molecular weight excluding hydrogens is 308 g/mol. The van der Waals surface area contributed by atoms with Crippen molar-refractivity contribution in [3.63, 3.8) is 0 Å². The SMILES string of the molecule is CCNCc1cc(S(=O)(=O)Nc2nnc(C)s2)ccc1C. The standard InChI is InChI=1S/C13H18N4O2S2/c1-4-14-8-11-7-12(6-5-9(11)2)21(18,19)17-13-16-15-10(3)20-13/h5-7,14H,4,8H2,1-3H3,(H,16,17). The van der Waals surface area contributed by atoms with Crippen LogP contribution < -0.4 is 10.0 Å². The van der Waals surface area contributed by atoms with Crippen LogP contribution in [-0.2, 0) is 16.6 Å². The van der Waals surface area contributed by atoms with Crippen molar-refractivity contribution in [2.75, 3.05) is 11.3 Å². The Morgan fingerprint density at radius 1 is 1.24 bits per heavy atom. The lowest BCUT2D eigenvalue weighted by molar-refractivity contribution is 0.600. The molecule has 0 saturated carbocycles. The van der Waals surface area contributed by atoms with Gasteiger partial charge >= 0.3 is 0 Å². The zero-order valence-corrected chi connectivity index (χ0v) is 13.8. The number of benzene rings is 1. The Hall–Kier alpha value is -1.51. The van der Waals surface area contributed by atoms with Gasteiger partial charge in [0.2, 0.25) is 5.13 Å². The molecule has 0 unspecified atom stereocenters. The Bertz CT molecular complexity index is 726. The van der Waals surface area contributed by atoms with Crippen LogP contribution in [0.4, 0.5) is 5.13 Å². The molecule has 114 valence electrons. The van der Waals surface area contributed by atoms with E-state index < -0.39 is 10.0 Å². The minimum absolute atomic E-state index is 0.230. The third-order valence-electron chi connectivity index (χ3n) is 2.94. The lowest BCUT2D eigenvalue weighted by Crippen LogP contribution is -2.16. The topological polar surface area (TPSA) is 84.0 Å². The first-order valence-electron chi connectivity index (χ1n) is 6.55. The van der Waals surface area contributed by atoms with Crippen molar-refractivity contribution in [3.8, 4) is 0 Å². The number of nitrogens with zero attached hydrogens (tertiary/aromatic N) is 2. The van der Waals surface area contributed by atoms with Crippen LogP contribution in [0.1, 0.15) is 23.1 Å². The van der Waals surface area contributed by atoms with Crippen molar-refractivity contribution < 1.29 is 8.42 Å². The predicted octanol–water partition coefficient (Wildman–Crippen LogP) is 2.07. The monoisotopic (exact) mass is 326 g/mol. The average molecular weight is 326 g/mol. The van der Waals surface area contributed by atoms with Crippen molar-refractivity contribution in [2.45, 2.75) is 32.2 Å². The van der Waals surface area contributed by atoms with Crippen molar-refractivity contribution in [1.29, 1.82) is 0 Å². The van der Waals surface area contributed by atoms with Crippen molar-refractivity contribution >= 4 is 26.5 Å². The summed E-state index contributed by atoms with van der Waals surface area (Å²) < 4.78 is 27.2. The zero-order chi connectivity index (χ0) is 15.5. The van der Waals surface area contributed by atoms with E-state index in [0.29, 0.717) is 11.6 Å². The summed E-state index contributed by atoms with van der Waals surface area (Å²) in [4.78, 5) is 0.230. The van der Waals surface area contributed by atoms with E-state index in [1.165, 1.54) is 11.3 Å². The molecule has 2 aromatic rings. The second-order valence-corrected chi connectivity index (χ2v) is 7.46. The maximum Gasteiger partial charge on any atom is 0.263 e. The molecule has 1 aromatic heterocycles. The van der Waals surface area contributed by atoms with Crippen LogP contribution in [0.3, 0.4) is 0 Å². The van der Waals surface area contributed by atoms with Gasteiger partial charge in [-0.15, -0.1) is 10.2 Å². The number of aryl methyl sites for hydroxylation is 2. The van der Waals surface area contributed by atoms with E-state index >= 15 is 0 Å². The first kappa shape index (κ1) is 15.9. The van der Waals surface area contributed by atoms with Gasteiger partial charge in [0, 0.05) is 6.54 Å². The molecule has 0 atom stereocenters. The van der Waals surface area contributed by atoms with Gasteiger partial charge in [0.15, 0.2) is 0 Å². The van der Waals surface area contributed by atoms with Gasteiger partial charge in [-0.25, -0.2) is 8.42 Å². The highest BCUT2D eigenvalue weighted by atomic mass is 32.2. The fourth-order valence-electron chi connectivity index (χ4n) is 1.78. The smallest absolute Gasteiger partial charge is 0.263 e. The van der Waals surface area contributed by atoms with Gasteiger partial charge in [0.25, 0.3) is 10.0 Å². The quantitative estimate of drug-likeness (QED) is 0.849. The molecule has 21 heavy (non-hydrogen) atoms. The van der Waals surface area contributed by atoms with E-state index in [0.717, 1.165) is 17.7 Å². The molecule has 0 aliphatic rings. The van der Waals surface area contributed by atoms with E-state index in [4.69, 9.17) is 0 Å². The Morgan fingerprint density at radius 3 is 2.62 bits per heavy atom. The summed E-state index contributed by atoms with van der Waals surface area (Å²) in [5, 5.41) is 11.8. The molecule has 0 spiro atoms. The normalized spacial score (nSPS) is 11.6. The van der Waals surface area contributed by atoms with Crippen LogP contribution in [0.5, 0.6) is 0 Å². The summed E-state index contributed by atoms with van der Waals surface area (Å²) in [5.41, 5.74) is 2.02. The van der Waals surface area contributed by atoms with Crippen molar-refractivity contribution in [2.24, 2.45) is 0 Å². The molecule has 0 amide bonds. The van der Waals surface area contributed by atoms with E-state index in [2.05, 4.69) is 20.2 Å². The van der Waals surface area contributed by atoms with Crippen LogP contribution >= 0.6 is 11.3 Å².